The van der Waals surface area contributed by atoms with Gasteiger partial charge in [0.1, 0.15) is 0 Å². The highest BCUT2D eigenvalue weighted by molar-refractivity contribution is 5.74. The van der Waals surface area contributed by atoms with Gasteiger partial charge >= 0.3 is 12.6 Å². The molecule has 3 rings (SSSR count). The third-order valence-electron chi connectivity index (χ3n) is 4.76. The molecule has 7 nitrogen and oxygen atoms in total. The van der Waals surface area contributed by atoms with Crippen molar-refractivity contribution in [2.45, 2.75) is 33.5 Å². The highest BCUT2D eigenvalue weighted by Crippen LogP contribution is 2.29. The van der Waals surface area contributed by atoms with Crippen LogP contribution in [0.4, 0.5) is 13.6 Å². The number of ether oxygens (including phenoxy) is 2. The zero-order chi connectivity index (χ0) is 22.4. The predicted molar refractivity (Wildman–Crippen MR) is 112 cm³/mol. The summed E-state index contributed by atoms with van der Waals surface area (Å²) in [6.45, 7) is 1.43. The Bertz CT molecular complexity index is 1040. The van der Waals surface area contributed by atoms with Crippen LogP contribution in [0.3, 0.4) is 0 Å². The summed E-state index contributed by atoms with van der Waals surface area (Å²) >= 11 is 0. The quantitative estimate of drug-likeness (QED) is 0.564. The fraction of sp³-hybridized carbons (Fsp3) is 0.273. The molecule has 31 heavy (non-hydrogen) atoms. The van der Waals surface area contributed by atoms with E-state index in [1.165, 1.54) is 19.2 Å². The van der Waals surface area contributed by atoms with Crippen LogP contribution in [-0.2, 0) is 13.1 Å². The predicted octanol–water partition coefficient (Wildman–Crippen LogP) is 4.10. The number of rotatable bonds is 8. The molecule has 3 aromatic rings. The molecular formula is C22H24F2N4O3. The minimum atomic E-state index is -2.94. The van der Waals surface area contributed by atoms with Gasteiger partial charge in [0.2, 0.25) is 0 Å². The van der Waals surface area contributed by atoms with Gasteiger partial charge in [-0.25, -0.2) is 9.48 Å². The number of carbonyl (C=O) groups is 1. The summed E-state index contributed by atoms with van der Waals surface area (Å²) < 4.78 is 36.2. The van der Waals surface area contributed by atoms with Crippen molar-refractivity contribution in [3.8, 4) is 17.2 Å². The lowest BCUT2D eigenvalue weighted by Crippen LogP contribution is -2.34. The Morgan fingerprint density at radius 2 is 1.77 bits per heavy atom. The second-order valence-electron chi connectivity index (χ2n) is 6.80. The number of methoxy groups -OCH3 is 1. The number of aromatic nitrogens is 2. The Labute approximate surface area is 179 Å². The Balaban J connectivity index is 1.58. The Morgan fingerprint density at radius 1 is 1.06 bits per heavy atom. The van der Waals surface area contributed by atoms with Crippen LogP contribution in [0.15, 0.2) is 48.5 Å². The lowest BCUT2D eigenvalue weighted by atomic mass is 10.2. The van der Waals surface area contributed by atoms with E-state index in [0.717, 1.165) is 22.6 Å². The average Bonchev–Trinajstić information content (AvgIpc) is 3.05. The number of alkyl halides is 2. The molecule has 0 atom stereocenters. The smallest absolute Gasteiger partial charge is 0.387 e. The number of hydrogen-bond donors (Lipinski definition) is 2. The molecule has 164 valence electrons. The monoisotopic (exact) mass is 430 g/mol. The zero-order valence-electron chi connectivity index (χ0n) is 17.5. The second kappa shape index (κ2) is 9.92. The molecule has 0 saturated carbocycles. The largest absolute Gasteiger partial charge is 0.493 e. The number of nitrogens with one attached hydrogen (secondary N) is 2. The van der Waals surface area contributed by atoms with E-state index in [1.807, 2.05) is 48.9 Å². The van der Waals surface area contributed by atoms with Crippen molar-refractivity contribution in [3.63, 3.8) is 0 Å². The zero-order valence-corrected chi connectivity index (χ0v) is 17.5. The van der Waals surface area contributed by atoms with Gasteiger partial charge in [0.05, 0.1) is 18.5 Å². The number of carbonyl (C=O) groups excluding carboxylic acids is 1. The van der Waals surface area contributed by atoms with Crippen LogP contribution < -0.4 is 20.1 Å². The number of para-hydroxylation sites is 1. The van der Waals surface area contributed by atoms with Gasteiger partial charge in [0, 0.05) is 24.3 Å². The third kappa shape index (κ3) is 5.50. The molecule has 0 aliphatic heterocycles. The summed E-state index contributed by atoms with van der Waals surface area (Å²) in [7, 11) is 1.36. The third-order valence-corrected chi connectivity index (χ3v) is 4.76. The minimum Gasteiger partial charge on any atom is -0.493 e. The first-order chi connectivity index (χ1) is 14.9. The molecule has 1 aromatic heterocycles. The van der Waals surface area contributed by atoms with E-state index >= 15 is 0 Å². The van der Waals surface area contributed by atoms with Gasteiger partial charge in [0.15, 0.2) is 11.5 Å². The van der Waals surface area contributed by atoms with Crippen LogP contribution in [0.25, 0.3) is 5.69 Å². The van der Waals surface area contributed by atoms with E-state index in [2.05, 4.69) is 20.5 Å². The summed E-state index contributed by atoms with van der Waals surface area (Å²) in [4.78, 5) is 12.3. The molecule has 2 amide bonds. The van der Waals surface area contributed by atoms with Gasteiger partial charge < -0.3 is 20.1 Å². The van der Waals surface area contributed by atoms with Crippen LogP contribution in [0.5, 0.6) is 11.5 Å². The first kappa shape index (κ1) is 22.1. The number of amides is 2. The van der Waals surface area contributed by atoms with Gasteiger partial charge in [0.25, 0.3) is 0 Å². The Hall–Kier alpha value is -3.62. The molecule has 0 radical (unpaired) electrons. The first-order valence-electron chi connectivity index (χ1n) is 9.63. The normalized spacial score (nSPS) is 10.8. The van der Waals surface area contributed by atoms with Gasteiger partial charge in [-0.3, -0.25) is 0 Å². The minimum absolute atomic E-state index is 0.0629. The molecule has 0 fully saturated rings. The number of urea groups is 1. The lowest BCUT2D eigenvalue weighted by molar-refractivity contribution is -0.0512. The first-order valence-corrected chi connectivity index (χ1v) is 9.63. The van der Waals surface area contributed by atoms with E-state index in [9.17, 15) is 13.6 Å². The summed E-state index contributed by atoms with van der Waals surface area (Å²) in [6, 6.07) is 13.9. The Morgan fingerprint density at radius 3 is 2.45 bits per heavy atom. The number of benzene rings is 2. The van der Waals surface area contributed by atoms with Gasteiger partial charge in [-0.15, -0.1) is 0 Å². The Kier molecular flexibility index (Phi) is 7.07. The highest BCUT2D eigenvalue weighted by Gasteiger charge is 2.14. The lowest BCUT2D eigenvalue weighted by Gasteiger charge is -2.12. The van der Waals surface area contributed by atoms with Gasteiger partial charge in [-0.2, -0.15) is 13.9 Å². The molecule has 0 saturated heterocycles. The maximum Gasteiger partial charge on any atom is 0.387 e. The molecule has 0 spiro atoms. The van der Waals surface area contributed by atoms with E-state index in [-0.39, 0.29) is 24.1 Å². The number of aryl methyl sites for hydroxylation is 1. The molecule has 2 aromatic carbocycles. The van der Waals surface area contributed by atoms with Crippen molar-refractivity contribution in [2.24, 2.45) is 0 Å². The fourth-order valence-electron chi connectivity index (χ4n) is 3.18. The molecule has 9 heteroatoms. The molecular weight excluding hydrogens is 406 g/mol. The van der Waals surface area contributed by atoms with Crippen LogP contribution in [0.2, 0.25) is 0 Å². The average molecular weight is 430 g/mol. The van der Waals surface area contributed by atoms with E-state index in [4.69, 9.17) is 4.74 Å². The van der Waals surface area contributed by atoms with Gasteiger partial charge in [-0.1, -0.05) is 24.3 Å². The van der Waals surface area contributed by atoms with Crippen molar-refractivity contribution in [3.05, 3.63) is 71.0 Å². The summed E-state index contributed by atoms with van der Waals surface area (Å²) in [5.41, 5.74) is 4.35. The number of nitrogens with zero attached hydrogens (tertiary/aromatic N) is 2. The van der Waals surface area contributed by atoms with Crippen molar-refractivity contribution in [1.82, 2.24) is 20.4 Å². The van der Waals surface area contributed by atoms with Crippen LogP contribution >= 0.6 is 0 Å². The molecule has 1 heterocycles. The van der Waals surface area contributed by atoms with Crippen molar-refractivity contribution in [1.29, 1.82) is 0 Å². The molecule has 2 N–H and O–H groups in total. The van der Waals surface area contributed by atoms with Gasteiger partial charge in [-0.05, 0) is 43.7 Å². The second-order valence-corrected chi connectivity index (χ2v) is 6.80. The van der Waals surface area contributed by atoms with E-state index in [0.29, 0.717) is 12.1 Å². The number of hydrogen-bond acceptors (Lipinski definition) is 4. The summed E-state index contributed by atoms with van der Waals surface area (Å²) in [5, 5.41) is 10.1. The van der Waals surface area contributed by atoms with Crippen molar-refractivity contribution >= 4 is 6.03 Å². The molecule has 0 bridgehead atoms. The topological polar surface area (TPSA) is 77.4 Å². The maximum absolute atomic E-state index is 12.4. The van der Waals surface area contributed by atoms with Crippen LogP contribution in [-0.4, -0.2) is 29.5 Å². The van der Waals surface area contributed by atoms with Crippen molar-refractivity contribution in [2.75, 3.05) is 7.11 Å². The summed E-state index contributed by atoms with van der Waals surface area (Å²) in [5.74, 6) is 0.103. The summed E-state index contributed by atoms with van der Waals surface area (Å²) in [6.07, 6.45) is 0. The molecule has 0 aliphatic carbocycles. The maximum atomic E-state index is 12.4. The molecule has 0 unspecified atom stereocenters. The SMILES string of the molecule is COc1cc(CNC(=O)NCc2c(C)nn(-c3ccccc3)c2C)ccc1OC(F)F. The fourth-order valence-corrected chi connectivity index (χ4v) is 3.18. The van der Waals surface area contributed by atoms with E-state index < -0.39 is 6.61 Å². The number of halogens is 2. The van der Waals surface area contributed by atoms with Crippen LogP contribution in [0.1, 0.15) is 22.5 Å². The molecule has 0 aliphatic rings. The standard InChI is InChI=1S/C22H24F2N4O3/c1-14-18(15(2)28(27-14)17-7-5-4-6-8-17)13-26-22(29)25-12-16-9-10-19(31-21(23)24)20(11-16)30-3/h4-11,21H,12-13H2,1-3H3,(H2,25,26,29). The van der Waals surface area contributed by atoms with Crippen molar-refractivity contribution < 1.29 is 23.0 Å². The highest BCUT2D eigenvalue weighted by atomic mass is 19.3. The van der Waals surface area contributed by atoms with Crippen LogP contribution in [0, 0.1) is 13.8 Å². The van der Waals surface area contributed by atoms with E-state index in [1.54, 1.807) is 6.07 Å².